The van der Waals surface area contributed by atoms with E-state index in [1.54, 1.807) is 52.9 Å². The summed E-state index contributed by atoms with van der Waals surface area (Å²) in [5, 5.41) is 27.1. The predicted octanol–water partition coefficient (Wildman–Crippen LogP) is 6.76. The summed E-state index contributed by atoms with van der Waals surface area (Å²) in [5.41, 5.74) is 5.62. The zero-order valence-corrected chi connectivity index (χ0v) is 81.0. The fraction of sp³-hybridized carbons (Fsp3) is 0.479. The lowest BCUT2D eigenvalue weighted by Crippen LogP contribution is -2.53. The van der Waals surface area contributed by atoms with Crippen LogP contribution in [0.1, 0.15) is 54.9 Å². The summed E-state index contributed by atoms with van der Waals surface area (Å²) in [4.78, 5) is 159. The van der Waals surface area contributed by atoms with Gasteiger partial charge in [0.2, 0.25) is 41.6 Å². The molecule has 44 heteroatoms. The molecule has 20 heterocycles. The molecule has 0 saturated carbocycles. The average Bonchev–Trinajstić information content (AvgIpc) is 1.67. The van der Waals surface area contributed by atoms with Crippen LogP contribution in [0.2, 0.25) is 0 Å². The first kappa shape index (κ1) is 100.0. The average molecular weight is 1910 g/mol. The van der Waals surface area contributed by atoms with Crippen molar-refractivity contribution in [3.63, 3.8) is 0 Å². The van der Waals surface area contributed by atoms with Crippen LogP contribution >= 0.6 is 0 Å². The number of Topliss-reactive ketones (excluding diaryl/α,β-unsaturated/α-hetero) is 1. The normalized spacial score (nSPS) is 20.0. The van der Waals surface area contributed by atoms with Crippen LogP contribution < -0.4 is 96.9 Å². The van der Waals surface area contributed by atoms with Gasteiger partial charge in [0.15, 0.2) is 5.78 Å². The molecule has 0 bridgehead atoms. The first-order chi connectivity index (χ1) is 67.5. The van der Waals surface area contributed by atoms with Gasteiger partial charge in [-0.05, 0) is 152 Å². The van der Waals surface area contributed by atoms with Gasteiger partial charge in [0.05, 0.1) is 91.1 Å². The summed E-state index contributed by atoms with van der Waals surface area (Å²) in [6.07, 6.45) is 19.3. The van der Waals surface area contributed by atoms with E-state index in [2.05, 4.69) is 270 Å². The smallest absolute Gasteiger partial charge is 0.323 e. The highest BCUT2D eigenvalue weighted by Gasteiger charge is 2.37. The van der Waals surface area contributed by atoms with Gasteiger partial charge < -0.3 is 112 Å². The van der Waals surface area contributed by atoms with Gasteiger partial charge in [-0.15, -0.1) is 0 Å². The maximum atomic E-state index is 12.3. The van der Waals surface area contributed by atoms with E-state index in [-0.39, 0.29) is 61.3 Å². The molecule has 0 radical (unpaired) electrons. The van der Waals surface area contributed by atoms with Crippen LogP contribution in [-0.2, 0) is 14.4 Å². The van der Waals surface area contributed by atoms with Crippen molar-refractivity contribution in [1.82, 2.24) is 121 Å². The molecular formula is C96H133N39O5. The monoisotopic (exact) mass is 1910 g/mol. The van der Waals surface area contributed by atoms with Crippen molar-refractivity contribution in [2.45, 2.75) is 79.1 Å². The lowest BCUT2D eigenvalue weighted by molar-refractivity contribution is -0.121. The van der Waals surface area contributed by atoms with Crippen molar-refractivity contribution in [3.8, 4) is 0 Å². The van der Waals surface area contributed by atoms with E-state index in [1.165, 1.54) is 0 Å². The topological polar surface area (TPSA) is 436 Å². The van der Waals surface area contributed by atoms with Gasteiger partial charge in [-0.1, -0.05) is 28.2 Å². The summed E-state index contributed by atoms with van der Waals surface area (Å²) in [6, 6.07) is 29.3. The number of likely N-dealkylation sites (N-methyl/N-ethyl adjacent to an activating group) is 5. The minimum absolute atomic E-state index is 0. The van der Waals surface area contributed by atoms with Gasteiger partial charge in [0.25, 0.3) is 0 Å². The highest BCUT2D eigenvalue weighted by atomic mass is 16.2. The number of rotatable bonds is 22. The Morgan fingerprint density at radius 1 is 0.329 bits per heavy atom. The molecule has 0 aliphatic carbocycles. The molecule has 10 aliphatic rings. The number of piperazine rings is 7. The molecule has 10 aliphatic heterocycles. The van der Waals surface area contributed by atoms with Crippen molar-refractivity contribution in [2.75, 3.05) is 294 Å². The lowest BCUT2D eigenvalue weighted by atomic mass is 10.0. The number of ketones is 1. The SMILES string of the molecule is C.CC(C)[C@H]1CNC(=O)N1c1ccnc(Nc2ccc(N3CCN(C)CC3)cn2)n1.CC[C@H]1CC(=O)CN1c1ccnc(Nc2ccc(N3CCN(C)CC3)cn2)n1.CN1CCN(c2ccc(Nc3nccc(N4CCNC(=O)C4)n3)nc2)CC1.C[C@H]1CNC(=O)CN1c1ccnc(Nc2ccc(N3CCN(C)CC3)cn2)n1.C[C@H]1CNC(=O)N1c1ccnc(Nc2ccc(N3CCN(C)CC3)cn2)n1. The van der Waals surface area contributed by atoms with E-state index in [9.17, 15) is 24.0 Å². The molecular weight excluding hydrogens is 1780 g/mol. The van der Waals surface area contributed by atoms with Gasteiger partial charge in [0.1, 0.15) is 58.2 Å². The second-order valence-corrected chi connectivity index (χ2v) is 36.5. The predicted molar refractivity (Wildman–Crippen MR) is 549 cm³/mol. The number of amides is 6. The van der Waals surface area contributed by atoms with Crippen molar-refractivity contribution < 1.29 is 24.0 Å². The fourth-order valence-electron chi connectivity index (χ4n) is 17.5. The number of pyridine rings is 5. The van der Waals surface area contributed by atoms with Gasteiger partial charge in [-0.3, -0.25) is 24.2 Å². The standard InChI is InChI=1S/C20H28N8O.C20H27N7O.C19H26N8O.2C18H24N8O.CH4/c1-14(2)16-13-23-20(29)28(16)18-6-7-21-19(25-18)24-17-5-4-15(12-22-17)27-10-8-26(3)9-11-27;1-3-15-12-17(28)14-27(15)19-6-7-21-20(24-19)23-18-5-4-16(13-22-18)26-10-8-25(2)9-11-26;1-14-11-22-18(28)13-27(14)17-5-6-20-19(24-17)23-16-4-3-15(12-21-16)26-9-7-25(2)8-10-26;1-13-11-21-18(27)26(13)16-5-6-19-17(23-16)22-15-4-3-14(12-20-15)25-9-7-24(2)8-10-25;1-24-8-10-25(11-9-24)14-2-3-15(21-12-14)22-18-20-5-4-16(23-18)26-7-6-19-17(27)13-26;/h4-7,12,14,16H,8-11,13H2,1-3H3,(H,23,29)(H,21,22,24,25);4-7,13,15H,3,8-12,14H2,1-2H3,(H,21,22,23,24);3-6,12,14H,7-11,13H2,1-2H3,(H,22,28)(H,20,21,23,24);3-6,12-13H,7-11H2,1-2H3,(H,21,27)(H,19,20,22,23);2-5,12H,6-11,13H2,1H3,(H,19,27)(H,20,21,22,23);1H4/t16-;15-;14-;13-;;/m1000../s1. The molecule has 4 atom stereocenters. The van der Waals surface area contributed by atoms with Gasteiger partial charge in [-0.2, -0.15) is 24.9 Å². The Bertz CT molecular complexity index is 5570. The van der Waals surface area contributed by atoms with Crippen LogP contribution in [0.5, 0.6) is 0 Å². The van der Waals surface area contributed by atoms with Crippen LogP contribution in [-0.4, -0.2) is 372 Å². The molecule has 10 saturated heterocycles. The van der Waals surface area contributed by atoms with Crippen molar-refractivity contribution in [3.05, 3.63) is 153 Å². The number of carbonyl (C=O) groups excluding carboxylic acids is 5. The summed E-state index contributed by atoms with van der Waals surface area (Å²) >= 11 is 0. The molecule has 9 N–H and O–H groups in total. The van der Waals surface area contributed by atoms with Gasteiger partial charge in [0, 0.05) is 213 Å². The van der Waals surface area contributed by atoms with Gasteiger partial charge >= 0.3 is 12.1 Å². The number of carbonyl (C=O) groups is 5. The molecule has 742 valence electrons. The molecule has 10 aromatic rings. The zero-order valence-electron chi connectivity index (χ0n) is 81.0. The van der Waals surface area contributed by atoms with E-state index >= 15 is 0 Å². The van der Waals surface area contributed by atoms with Crippen LogP contribution in [0, 0.1) is 5.92 Å². The first-order valence-electron chi connectivity index (χ1n) is 47.9. The summed E-state index contributed by atoms with van der Waals surface area (Å²) in [5.74, 6) is 9.72. The molecule has 44 nitrogen and oxygen atoms in total. The number of nitrogens with zero attached hydrogens (tertiary/aromatic N) is 30. The van der Waals surface area contributed by atoms with E-state index < -0.39 is 0 Å². The van der Waals surface area contributed by atoms with Crippen molar-refractivity contribution in [1.29, 1.82) is 0 Å². The Morgan fingerprint density at radius 3 is 0.979 bits per heavy atom. The highest BCUT2D eigenvalue weighted by Crippen LogP contribution is 2.32. The Hall–Kier alpha value is -14.5. The second-order valence-electron chi connectivity index (χ2n) is 36.5. The Labute approximate surface area is 818 Å². The molecule has 6 amide bonds. The number of nitrogens with one attached hydrogen (secondary N) is 9. The van der Waals surface area contributed by atoms with Crippen LogP contribution in [0.25, 0.3) is 0 Å². The number of hydrogen-bond acceptors (Lipinski definition) is 38. The summed E-state index contributed by atoms with van der Waals surface area (Å²) in [7, 11) is 10.7. The van der Waals surface area contributed by atoms with Crippen molar-refractivity contribution in [2.24, 2.45) is 5.92 Å². The molecule has 10 aromatic heterocycles. The summed E-state index contributed by atoms with van der Waals surface area (Å²) in [6.45, 7) is 35.3. The van der Waals surface area contributed by atoms with Crippen LogP contribution in [0.3, 0.4) is 0 Å². The Morgan fingerprint density at radius 2 is 0.643 bits per heavy atom. The minimum Gasteiger partial charge on any atom is -0.368 e. The molecule has 0 spiro atoms. The third kappa shape index (κ3) is 26.9. The minimum atomic E-state index is -0.137. The van der Waals surface area contributed by atoms with Gasteiger partial charge in [-0.25, -0.2) is 59.4 Å². The van der Waals surface area contributed by atoms with Crippen molar-refractivity contribution >= 4 is 146 Å². The number of aromatic nitrogens is 15. The molecule has 140 heavy (non-hydrogen) atoms. The molecule has 0 aromatic carbocycles. The third-order valence-electron chi connectivity index (χ3n) is 26.1. The second kappa shape index (κ2) is 47.7. The molecule has 20 rings (SSSR count). The first-order valence-corrected chi connectivity index (χ1v) is 47.9. The zero-order chi connectivity index (χ0) is 96.8. The van der Waals surface area contributed by atoms with E-state index in [1.807, 2.05) is 96.2 Å². The quantitative estimate of drug-likeness (QED) is 0.0338. The third-order valence-corrected chi connectivity index (χ3v) is 26.1. The van der Waals surface area contributed by atoms with Crippen LogP contribution in [0.4, 0.5) is 126 Å². The highest BCUT2D eigenvalue weighted by molar-refractivity contribution is 5.95. The Kier molecular flexibility index (Phi) is 34.1. The van der Waals surface area contributed by atoms with Crippen LogP contribution in [0.15, 0.2) is 153 Å². The van der Waals surface area contributed by atoms with E-state index in [0.29, 0.717) is 129 Å². The lowest BCUT2D eigenvalue weighted by Gasteiger charge is -2.34. The molecule has 10 fully saturated rings. The van der Waals surface area contributed by atoms with E-state index in [0.717, 1.165) is 190 Å². The summed E-state index contributed by atoms with van der Waals surface area (Å²) < 4.78 is 0. The fourth-order valence-corrected chi connectivity index (χ4v) is 17.5. The maximum Gasteiger partial charge on any atom is 0.323 e. The maximum absolute atomic E-state index is 12.3. The number of anilines is 20. The number of hydrogen-bond donors (Lipinski definition) is 9. The number of urea groups is 2. The Balaban J connectivity index is 0.000000132. The largest absolute Gasteiger partial charge is 0.368 e. The van der Waals surface area contributed by atoms with E-state index in [4.69, 9.17) is 0 Å². The molecule has 0 unspecified atom stereocenters.